The number of nitrogens with one attached hydrogen (secondary N) is 2. The Kier molecular flexibility index (Phi) is 11.3. The van der Waals surface area contributed by atoms with Crippen LogP contribution in [0.3, 0.4) is 0 Å². The lowest BCUT2D eigenvalue weighted by Gasteiger charge is -2.25. The Morgan fingerprint density at radius 3 is 2.30 bits per heavy atom. The highest BCUT2D eigenvalue weighted by Gasteiger charge is 2.17. The lowest BCUT2D eigenvalue weighted by atomic mass is 10.1. The number of nitrogens with zero attached hydrogens (tertiary/aromatic N) is 2. The van der Waals surface area contributed by atoms with Crippen molar-refractivity contribution in [1.29, 1.82) is 0 Å². The third-order valence-electron chi connectivity index (χ3n) is 5.12. The second-order valence-electron chi connectivity index (χ2n) is 7.70. The number of methoxy groups -OCH3 is 1. The van der Waals surface area contributed by atoms with Crippen LogP contribution in [0.4, 0.5) is 0 Å². The Hall–Kier alpha value is -0.860. The molecule has 0 saturated carbocycles. The number of aliphatic imine (C=N–C) groups is 1. The molecule has 1 aliphatic rings. The third kappa shape index (κ3) is 8.79. The van der Waals surface area contributed by atoms with E-state index in [1.54, 1.807) is 14.2 Å². The van der Waals surface area contributed by atoms with E-state index in [1.807, 2.05) is 0 Å². The molecular formula is C21H37IN4O. The first kappa shape index (κ1) is 24.2. The first-order valence-corrected chi connectivity index (χ1v) is 9.83. The van der Waals surface area contributed by atoms with Crippen LogP contribution in [-0.4, -0.2) is 50.3 Å². The molecule has 1 aromatic rings. The van der Waals surface area contributed by atoms with Crippen LogP contribution in [0.2, 0.25) is 0 Å². The van der Waals surface area contributed by atoms with Gasteiger partial charge in [0.2, 0.25) is 0 Å². The van der Waals surface area contributed by atoms with Gasteiger partial charge in [-0.05, 0) is 50.9 Å². The molecule has 0 aromatic heterocycles. The summed E-state index contributed by atoms with van der Waals surface area (Å²) in [6.07, 6.45) is 5.40. The van der Waals surface area contributed by atoms with E-state index in [4.69, 9.17) is 4.74 Å². The Balaban J connectivity index is 0.00000364. The summed E-state index contributed by atoms with van der Waals surface area (Å²) in [5.41, 5.74) is 2.53. The fraction of sp³-hybridized carbons (Fsp3) is 0.667. The van der Waals surface area contributed by atoms with Crippen molar-refractivity contribution in [3.63, 3.8) is 0 Å². The third-order valence-corrected chi connectivity index (χ3v) is 5.12. The van der Waals surface area contributed by atoms with Gasteiger partial charge in [-0.2, -0.15) is 0 Å². The van der Waals surface area contributed by atoms with E-state index in [-0.39, 0.29) is 29.6 Å². The maximum atomic E-state index is 5.46. The lowest BCUT2D eigenvalue weighted by molar-refractivity contribution is 0.0268. The van der Waals surface area contributed by atoms with E-state index in [0.29, 0.717) is 6.54 Å². The topological polar surface area (TPSA) is 48.9 Å². The van der Waals surface area contributed by atoms with Crippen LogP contribution < -0.4 is 10.6 Å². The molecule has 0 amide bonds. The Labute approximate surface area is 182 Å². The number of hydrogen-bond acceptors (Lipinski definition) is 3. The molecule has 0 bridgehead atoms. The molecule has 2 N–H and O–H groups in total. The van der Waals surface area contributed by atoms with Crippen molar-refractivity contribution in [2.75, 3.05) is 33.8 Å². The standard InChI is InChI=1S/C21H36N4O.HI/c1-21(2,26-4)17-24-20(22-3)23-15-18-11-7-8-12-19(18)16-25-13-9-5-6-10-14-25;/h7-8,11-12H,5-6,9-10,13-17H2,1-4H3,(H2,22,23,24);1H. The van der Waals surface area contributed by atoms with Gasteiger partial charge < -0.3 is 15.4 Å². The number of guanidine groups is 1. The van der Waals surface area contributed by atoms with E-state index < -0.39 is 0 Å². The molecule has 2 rings (SSSR count). The molecule has 1 aliphatic heterocycles. The van der Waals surface area contributed by atoms with Crippen molar-refractivity contribution in [2.45, 2.75) is 58.2 Å². The molecule has 0 atom stereocenters. The zero-order valence-electron chi connectivity index (χ0n) is 17.4. The highest BCUT2D eigenvalue weighted by molar-refractivity contribution is 14.0. The van der Waals surface area contributed by atoms with Crippen LogP contribution >= 0.6 is 24.0 Å². The molecule has 5 nitrogen and oxygen atoms in total. The minimum Gasteiger partial charge on any atom is -0.377 e. The van der Waals surface area contributed by atoms with Crippen LogP contribution in [-0.2, 0) is 17.8 Å². The molecule has 27 heavy (non-hydrogen) atoms. The van der Waals surface area contributed by atoms with Gasteiger partial charge in [0.15, 0.2) is 5.96 Å². The van der Waals surface area contributed by atoms with Gasteiger partial charge in [0.05, 0.1) is 5.60 Å². The number of halogens is 1. The largest absolute Gasteiger partial charge is 0.377 e. The summed E-state index contributed by atoms with van der Waals surface area (Å²) >= 11 is 0. The van der Waals surface area contributed by atoms with Crippen LogP contribution in [0.5, 0.6) is 0 Å². The monoisotopic (exact) mass is 488 g/mol. The number of ether oxygens (including phenoxy) is 1. The molecule has 1 aromatic carbocycles. The lowest BCUT2D eigenvalue weighted by Crippen LogP contribution is -2.45. The van der Waals surface area contributed by atoms with E-state index in [2.05, 4.69) is 58.6 Å². The van der Waals surface area contributed by atoms with Crippen molar-refractivity contribution in [1.82, 2.24) is 15.5 Å². The molecular weight excluding hydrogens is 451 g/mol. The van der Waals surface area contributed by atoms with Gasteiger partial charge in [-0.25, -0.2) is 0 Å². The fourth-order valence-corrected chi connectivity index (χ4v) is 3.19. The number of rotatable bonds is 7. The van der Waals surface area contributed by atoms with E-state index in [9.17, 15) is 0 Å². The smallest absolute Gasteiger partial charge is 0.191 e. The molecule has 1 saturated heterocycles. The minimum atomic E-state index is -0.220. The maximum absolute atomic E-state index is 5.46. The zero-order chi connectivity index (χ0) is 18.8. The summed E-state index contributed by atoms with van der Waals surface area (Å²) in [7, 11) is 3.54. The summed E-state index contributed by atoms with van der Waals surface area (Å²) in [5, 5.41) is 6.78. The first-order valence-electron chi connectivity index (χ1n) is 9.83. The highest BCUT2D eigenvalue weighted by atomic mass is 127. The number of hydrogen-bond donors (Lipinski definition) is 2. The van der Waals surface area contributed by atoms with Crippen molar-refractivity contribution in [2.24, 2.45) is 4.99 Å². The molecule has 0 unspecified atom stereocenters. The maximum Gasteiger partial charge on any atom is 0.191 e. The molecule has 1 fully saturated rings. The number of benzene rings is 1. The van der Waals surface area contributed by atoms with Crippen LogP contribution in [0.25, 0.3) is 0 Å². The van der Waals surface area contributed by atoms with Crippen molar-refractivity contribution in [3.05, 3.63) is 35.4 Å². The molecule has 154 valence electrons. The van der Waals surface area contributed by atoms with Gasteiger partial charge in [-0.1, -0.05) is 37.1 Å². The van der Waals surface area contributed by atoms with Crippen molar-refractivity contribution >= 4 is 29.9 Å². The second-order valence-corrected chi connectivity index (χ2v) is 7.70. The molecule has 0 aliphatic carbocycles. The zero-order valence-corrected chi connectivity index (χ0v) is 19.7. The van der Waals surface area contributed by atoms with Gasteiger partial charge in [-0.15, -0.1) is 24.0 Å². The van der Waals surface area contributed by atoms with Crippen molar-refractivity contribution < 1.29 is 4.74 Å². The predicted octanol–water partition coefficient (Wildman–Crippen LogP) is 3.77. The summed E-state index contributed by atoms with van der Waals surface area (Å²) in [5.74, 6) is 0.805. The van der Waals surface area contributed by atoms with Crippen LogP contribution in [0.1, 0.15) is 50.7 Å². The van der Waals surface area contributed by atoms with Crippen LogP contribution in [0, 0.1) is 0 Å². The van der Waals surface area contributed by atoms with E-state index in [0.717, 1.165) is 19.0 Å². The highest BCUT2D eigenvalue weighted by Crippen LogP contribution is 2.16. The van der Waals surface area contributed by atoms with E-state index >= 15 is 0 Å². The average Bonchev–Trinajstić information content (AvgIpc) is 2.92. The summed E-state index contributed by atoms with van der Waals surface area (Å²) < 4.78 is 5.46. The summed E-state index contributed by atoms with van der Waals surface area (Å²) in [4.78, 5) is 6.92. The summed E-state index contributed by atoms with van der Waals surface area (Å²) in [6, 6.07) is 8.73. The van der Waals surface area contributed by atoms with Gasteiger partial charge in [-0.3, -0.25) is 9.89 Å². The van der Waals surface area contributed by atoms with Gasteiger partial charge >= 0.3 is 0 Å². The normalized spacial score (nSPS) is 16.4. The van der Waals surface area contributed by atoms with Gasteiger partial charge in [0.25, 0.3) is 0 Å². The van der Waals surface area contributed by atoms with E-state index in [1.165, 1.54) is 49.9 Å². The van der Waals surface area contributed by atoms with Gasteiger partial charge in [0.1, 0.15) is 0 Å². The fourth-order valence-electron chi connectivity index (χ4n) is 3.19. The predicted molar refractivity (Wildman–Crippen MR) is 125 cm³/mol. The summed E-state index contributed by atoms with van der Waals surface area (Å²) in [6.45, 7) is 9.08. The van der Waals surface area contributed by atoms with Crippen molar-refractivity contribution in [3.8, 4) is 0 Å². The Morgan fingerprint density at radius 2 is 1.70 bits per heavy atom. The minimum absolute atomic E-state index is 0. The number of likely N-dealkylation sites (tertiary alicyclic amines) is 1. The quantitative estimate of drug-likeness (QED) is 0.349. The molecule has 6 heteroatoms. The Bertz CT molecular complexity index is 569. The molecule has 1 heterocycles. The molecule has 0 radical (unpaired) electrons. The first-order chi connectivity index (χ1) is 12.5. The average molecular weight is 488 g/mol. The van der Waals surface area contributed by atoms with Gasteiger partial charge in [0, 0.05) is 33.8 Å². The molecule has 0 spiro atoms. The second kappa shape index (κ2) is 12.6. The van der Waals surface area contributed by atoms with Crippen LogP contribution in [0.15, 0.2) is 29.3 Å². The Morgan fingerprint density at radius 1 is 1.07 bits per heavy atom. The SMILES string of the molecule is CN=C(NCc1ccccc1CN1CCCCCC1)NCC(C)(C)OC.I.